The molecule has 1 aliphatic heterocycles. The highest BCUT2D eigenvalue weighted by atomic mass is 16.2. The van der Waals surface area contributed by atoms with Gasteiger partial charge in [0.1, 0.15) is 0 Å². The van der Waals surface area contributed by atoms with E-state index in [0.29, 0.717) is 6.54 Å². The molecule has 0 aliphatic carbocycles. The van der Waals surface area contributed by atoms with E-state index in [1.54, 1.807) is 0 Å². The van der Waals surface area contributed by atoms with Crippen LogP contribution in [0.2, 0.25) is 0 Å². The Bertz CT molecular complexity index is 617. The highest BCUT2D eigenvalue weighted by Gasteiger charge is 2.22. The van der Waals surface area contributed by atoms with E-state index in [-0.39, 0.29) is 5.91 Å². The van der Waals surface area contributed by atoms with Gasteiger partial charge in [0.2, 0.25) is 0 Å². The van der Waals surface area contributed by atoms with Crippen LogP contribution in [0.1, 0.15) is 15.9 Å². The Morgan fingerprint density at radius 3 is 2.14 bits per heavy atom. The molecule has 0 unspecified atom stereocenters. The molecule has 1 saturated heterocycles. The summed E-state index contributed by atoms with van der Waals surface area (Å²) >= 11 is 0. The van der Waals surface area contributed by atoms with E-state index < -0.39 is 0 Å². The summed E-state index contributed by atoms with van der Waals surface area (Å²) in [7, 11) is 0. The molecule has 1 amide bonds. The van der Waals surface area contributed by atoms with E-state index in [9.17, 15) is 4.79 Å². The van der Waals surface area contributed by atoms with Gasteiger partial charge < -0.3 is 15.5 Å². The molecule has 114 valence electrons. The molecule has 2 aromatic rings. The Kier molecular flexibility index (Phi) is 4.39. The average Bonchev–Trinajstić information content (AvgIpc) is 2.62. The van der Waals surface area contributed by atoms with Crippen LogP contribution >= 0.6 is 0 Å². The van der Waals surface area contributed by atoms with Crippen molar-refractivity contribution in [3.8, 4) is 0 Å². The molecule has 0 saturated carbocycles. The van der Waals surface area contributed by atoms with Crippen molar-refractivity contribution in [1.29, 1.82) is 0 Å². The first-order chi connectivity index (χ1) is 10.8. The second-order valence-electron chi connectivity index (χ2n) is 5.52. The van der Waals surface area contributed by atoms with Gasteiger partial charge in [-0.2, -0.15) is 0 Å². The van der Waals surface area contributed by atoms with Crippen LogP contribution in [0.5, 0.6) is 0 Å². The van der Waals surface area contributed by atoms with Crippen LogP contribution in [0, 0.1) is 0 Å². The highest BCUT2D eigenvalue weighted by molar-refractivity contribution is 5.94. The Labute approximate surface area is 131 Å². The number of hydrogen-bond donors (Lipinski definition) is 1. The predicted molar refractivity (Wildman–Crippen MR) is 88.9 cm³/mol. The first-order valence-corrected chi connectivity index (χ1v) is 7.66. The van der Waals surface area contributed by atoms with Crippen molar-refractivity contribution >= 4 is 11.6 Å². The molecular weight excluding hydrogens is 274 g/mol. The van der Waals surface area contributed by atoms with Gasteiger partial charge in [0, 0.05) is 44.0 Å². The van der Waals surface area contributed by atoms with Gasteiger partial charge in [0.05, 0.1) is 0 Å². The van der Waals surface area contributed by atoms with Crippen LogP contribution in [-0.2, 0) is 6.54 Å². The fourth-order valence-corrected chi connectivity index (χ4v) is 2.77. The molecule has 0 radical (unpaired) electrons. The summed E-state index contributed by atoms with van der Waals surface area (Å²) in [5.74, 6) is 0.108. The van der Waals surface area contributed by atoms with Gasteiger partial charge in [-0.05, 0) is 29.8 Å². The number of carbonyl (C=O) groups excluding carboxylic acids is 1. The second-order valence-corrected chi connectivity index (χ2v) is 5.52. The van der Waals surface area contributed by atoms with Crippen molar-refractivity contribution in [3.63, 3.8) is 0 Å². The van der Waals surface area contributed by atoms with Gasteiger partial charge in [-0.15, -0.1) is 0 Å². The topological polar surface area (TPSA) is 49.6 Å². The molecule has 4 nitrogen and oxygen atoms in total. The number of benzene rings is 2. The summed E-state index contributed by atoms with van der Waals surface area (Å²) in [5, 5.41) is 0. The number of hydrogen-bond acceptors (Lipinski definition) is 3. The zero-order valence-corrected chi connectivity index (χ0v) is 12.6. The number of rotatable bonds is 3. The van der Waals surface area contributed by atoms with E-state index >= 15 is 0 Å². The van der Waals surface area contributed by atoms with Crippen molar-refractivity contribution in [2.45, 2.75) is 6.54 Å². The Morgan fingerprint density at radius 1 is 0.909 bits per heavy atom. The first kappa shape index (κ1) is 14.6. The smallest absolute Gasteiger partial charge is 0.253 e. The summed E-state index contributed by atoms with van der Waals surface area (Å²) < 4.78 is 0. The van der Waals surface area contributed by atoms with Crippen molar-refractivity contribution in [2.75, 3.05) is 31.1 Å². The summed E-state index contributed by atoms with van der Waals surface area (Å²) in [6.45, 7) is 3.76. The number of piperazine rings is 1. The first-order valence-electron chi connectivity index (χ1n) is 7.66. The van der Waals surface area contributed by atoms with Crippen molar-refractivity contribution in [2.24, 2.45) is 5.73 Å². The minimum absolute atomic E-state index is 0.108. The predicted octanol–water partition coefficient (Wildman–Crippen LogP) is 2.11. The van der Waals surface area contributed by atoms with E-state index in [1.807, 2.05) is 47.4 Å². The summed E-state index contributed by atoms with van der Waals surface area (Å²) in [5.41, 5.74) is 8.60. The quantitative estimate of drug-likeness (QED) is 0.943. The lowest BCUT2D eigenvalue weighted by atomic mass is 10.1. The molecule has 2 N–H and O–H groups in total. The highest BCUT2D eigenvalue weighted by Crippen LogP contribution is 2.17. The monoisotopic (exact) mass is 295 g/mol. The van der Waals surface area contributed by atoms with Crippen molar-refractivity contribution in [1.82, 2.24) is 4.90 Å². The Morgan fingerprint density at radius 2 is 1.55 bits per heavy atom. The molecule has 0 aromatic heterocycles. The molecule has 1 fully saturated rings. The maximum Gasteiger partial charge on any atom is 0.253 e. The van der Waals surface area contributed by atoms with Crippen molar-refractivity contribution in [3.05, 3.63) is 65.7 Å². The maximum atomic E-state index is 12.5. The molecule has 0 bridgehead atoms. The van der Waals surface area contributed by atoms with Gasteiger partial charge in [-0.1, -0.05) is 30.3 Å². The Hall–Kier alpha value is -2.33. The van der Waals surface area contributed by atoms with Crippen LogP contribution < -0.4 is 10.6 Å². The number of amides is 1. The van der Waals surface area contributed by atoms with Crippen LogP contribution in [0.25, 0.3) is 0 Å². The van der Waals surface area contributed by atoms with E-state index in [4.69, 9.17) is 5.73 Å². The number of nitrogens with two attached hydrogens (primary N) is 1. The van der Waals surface area contributed by atoms with Gasteiger partial charge in [-0.3, -0.25) is 4.79 Å². The summed E-state index contributed by atoms with van der Waals surface area (Å²) in [6.07, 6.45) is 0. The van der Waals surface area contributed by atoms with Crippen molar-refractivity contribution < 1.29 is 4.79 Å². The van der Waals surface area contributed by atoms with E-state index in [1.165, 1.54) is 5.69 Å². The third-order valence-corrected chi connectivity index (χ3v) is 4.12. The fraction of sp³-hybridized carbons (Fsp3) is 0.278. The van der Waals surface area contributed by atoms with E-state index in [2.05, 4.69) is 17.0 Å². The second kappa shape index (κ2) is 6.62. The molecule has 0 atom stereocenters. The third kappa shape index (κ3) is 3.12. The van der Waals surface area contributed by atoms with Gasteiger partial charge in [0.25, 0.3) is 5.91 Å². The minimum atomic E-state index is 0.108. The summed E-state index contributed by atoms with van der Waals surface area (Å²) in [4.78, 5) is 16.8. The van der Waals surface area contributed by atoms with Gasteiger partial charge >= 0.3 is 0 Å². The van der Waals surface area contributed by atoms with Crippen LogP contribution in [0.15, 0.2) is 54.6 Å². The maximum absolute atomic E-state index is 12.5. The lowest BCUT2D eigenvalue weighted by Gasteiger charge is -2.36. The third-order valence-electron chi connectivity index (χ3n) is 4.12. The van der Waals surface area contributed by atoms with E-state index in [0.717, 1.165) is 37.3 Å². The number of para-hydroxylation sites is 1. The molecule has 22 heavy (non-hydrogen) atoms. The van der Waals surface area contributed by atoms with Crippen LogP contribution in [-0.4, -0.2) is 37.0 Å². The number of carbonyl (C=O) groups is 1. The molecule has 1 heterocycles. The molecular formula is C18H21N3O. The summed E-state index contributed by atoms with van der Waals surface area (Å²) in [6, 6.07) is 17.9. The molecule has 0 spiro atoms. The zero-order valence-electron chi connectivity index (χ0n) is 12.6. The minimum Gasteiger partial charge on any atom is -0.368 e. The van der Waals surface area contributed by atoms with Gasteiger partial charge in [-0.25, -0.2) is 0 Å². The van der Waals surface area contributed by atoms with Crippen LogP contribution in [0.3, 0.4) is 0 Å². The number of anilines is 1. The molecule has 2 aromatic carbocycles. The standard InChI is InChI=1S/C18H21N3O/c19-14-15-6-8-16(9-7-15)18(22)21-12-10-20(11-13-21)17-4-2-1-3-5-17/h1-9H,10-14,19H2. The normalized spacial score (nSPS) is 15.0. The largest absolute Gasteiger partial charge is 0.368 e. The zero-order chi connectivity index (χ0) is 15.4. The SMILES string of the molecule is NCc1ccc(C(=O)N2CCN(c3ccccc3)CC2)cc1. The molecule has 4 heteroatoms. The average molecular weight is 295 g/mol. The van der Waals surface area contributed by atoms with Crippen LogP contribution in [0.4, 0.5) is 5.69 Å². The molecule has 1 aliphatic rings. The lowest BCUT2D eigenvalue weighted by molar-refractivity contribution is 0.0747. The van der Waals surface area contributed by atoms with Gasteiger partial charge in [0.15, 0.2) is 0 Å². The lowest BCUT2D eigenvalue weighted by Crippen LogP contribution is -2.48. The number of nitrogens with zero attached hydrogens (tertiary/aromatic N) is 2. The molecule has 3 rings (SSSR count). The fourth-order valence-electron chi connectivity index (χ4n) is 2.77. The Balaban J connectivity index is 1.62.